The minimum atomic E-state index is -0.415. The van der Waals surface area contributed by atoms with Gasteiger partial charge >= 0.3 is 5.97 Å². The number of nitrogens with two attached hydrogens (primary N) is 1. The SMILES string of the molecule is COC(=O)c1nccn1CCCN. The fourth-order valence-corrected chi connectivity index (χ4v) is 1.03. The van der Waals surface area contributed by atoms with Crippen molar-refractivity contribution in [1.29, 1.82) is 0 Å². The summed E-state index contributed by atoms with van der Waals surface area (Å²) in [5, 5.41) is 0. The molecule has 0 aliphatic heterocycles. The van der Waals surface area contributed by atoms with Crippen LogP contribution in [0.4, 0.5) is 0 Å². The van der Waals surface area contributed by atoms with Crippen LogP contribution in [0.1, 0.15) is 17.0 Å². The zero-order valence-electron chi connectivity index (χ0n) is 7.56. The van der Waals surface area contributed by atoms with Gasteiger partial charge in [-0.15, -0.1) is 0 Å². The van der Waals surface area contributed by atoms with Crippen LogP contribution in [-0.2, 0) is 11.3 Å². The molecule has 0 amide bonds. The van der Waals surface area contributed by atoms with E-state index in [2.05, 4.69) is 9.72 Å². The van der Waals surface area contributed by atoms with Crippen molar-refractivity contribution in [2.45, 2.75) is 13.0 Å². The van der Waals surface area contributed by atoms with Gasteiger partial charge in [-0.2, -0.15) is 0 Å². The highest BCUT2D eigenvalue weighted by molar-refractivity contribution is 5.85. The van der Waals surface area contributed by atoms with Gasteiger partial charge in [-0.25, -0.2) is 9.78 Å². The number of hydrogen-bond acceptors (Lipinski definition) is 4. The van der Waals surface area contributed by atoms with Crippen molar-refractivity contribution in [1.82, 2.24) is 9.55 Å². The van der Waals surface area contributed by atoms with E-state index in [4.69, 9.17) is 5.73 Å². The molecule has 13 heavy (non-hydrogen) atoms. The lowest BCUT2D eigenvalue weighted by atomic mass is 10.4. The Morgan fingerprint density at radius 3 is 3.15 bits per heavy atom. The van der Waals surface area contributed by atoms with E-state index < -0.39 is 5.97 Å². The van der Waals surface area contributed by atoms with Gasteiger partial charge in [0.05, 0.1) is 7.11 Å². The fraction of sp³-hybridized carbons (Fsp3) is 0.500. The predicted octanol–water partition coefficient (Wildman–Crippen LogP) is 0.0185. The molecule has 72 valence electrons. The van der Waals surface area contributed by atoms with E-state index in [1.54, 1.807) is 17.0 Å². The van der Waals surface area contributed by atoms with Crippen LogP contribution in [0.15, 0.2) is 12.4 Å². The second-order valence-corrected chi connectivity index (χ2v) is 2.58. The van der Waals surface area contributed by atoms with Crippen LogP contribution in [-0.4, -0.2) is 29.2 Å². The molecule has 0 spiro atoms. The van der Waals surface area contributed by atoms with E-state index in [1.807, 2.05) is 0 Å². The Morgan fingerprint density at radius 1 is 1.77 bits per heavy atom. The third-order valence-corrected chi connectivity index (χ3v) is 1.69. The van der Waals surface area contributed by atoms with Crippen molar-refractivity contribution in [3.8, 4) is 0 Å². The number of esters is 1. The van der Waals surface area contributed by atoms with E-state index in [9.17, 15) is 4.79 Å². The lowest BCUT2D eigenvalue weighted by Gasteiger charge is -2.04. The molecule has 0 fully saturated rings. The number of imidazole rings is 1. The molecule has 1 aromatic heterocycles. The van der Waals surface area contributed by atoms with Gasteiger partial charge < -0.3 is 15.0 Å². The summed E-state index contributed by atoms with van der Waals surface area (Å²) in [6, 6.07) is 0. The van der Waals surface area contributed by atoms with E-state index in [0.717, 1.165) is 6.42 Å². The molecule has 5 heteroatoms. The highest BCUT2D eigenvalue weighted by Gasteiger charge is 2.11. The molecule has 2 N–H and O–H groups in total. The van der Waals surface area contributed by atoms with Crippen LogP contribution in [0.25, 0.3) is 0 Å². The van der Waals surface area contributed by atoms with Crippen molar-refractivity contribution in [2.75, 3.05) is 13.7 Å². The number of methoxy groups -OCH3 is 1. The standard InChI is InChI=1S/C8H13N3O2/c1-13-8(12)7-10-4-6-11(7)5-2-3-9/h4,6H,2-3,5,9H2,1H3. The summed E-state index contributed by atoms with van der Waals surface area (Å²) in [5.74, 6) is -0.0852. The van der Waals surface area contributed by atoms with Crippen molar-refractivity contribution >= 4 is 5.97 Å². The first kappa shape index (κ1) is 9.73. The number of ether oxygens (including phenoxy) is 1. The van der Waals surface area contributed by atoms with E-state index >= 15 is 0 Å². The highest BCUT2D eigenvalue weighted by Crippen LogP contribution is 2.00. The van der Waals surface area contributed by atoms with Crippen LogP contribution >= 0.6 is 0 Å². The number of aromatic nitrogens is 2. The molecule has 1 aromatic rings. The second-order valence-electron chi connectivity index (χ2n) is 2.58. The van der Waals surface area contributed by atoms with Crippen molar-refractivity contribution in [2.24, 2.45) is 5.73 Å². The lowest BCUT2D eigenvalue weighted by Crippen LogP contribution is -2.13. The van der Waals surface area contributed by atoms with Crippen LogP contribution in [0.5, 0.6) is 0 Å². The van der Waals surface area contributed by atoms with Gasteiger partial charge in [0.2, 0.25) is 5.82 Å². The first-order valence-electron chi connectivity index (χ1n) is 4.09. The smallest absolute Gasteiger partial charge is 0.374 e. The number of carbonyl (C=O) groups excluding carboxylic acids is 1. The Bertz CT molecular complexity index is 283. The average molecular weight is 183 g/mol. The number of carbonyl (C=O) groups is 1. The molecule has 0 aliphatic rings. The van der Waals surface area contributed by atoms with Gasteiger partial charge in [-0.3, -0.25) is 0 Å². The van der Waals surface area contributed by atoms with Gasteiger partial charge in [0, 0.05) is 18.9 Å². The molecule has 0 saturated carbocycles. The molecule has 0 radical (unpaired) electrons. The summed E-state index contributed by atoms with van der Waals surface area (Å²) in [6.45, 7) is 1.29. The third kappa shape index (κ3) is 2.29. The molecule has 5 nitrogen and oxygen atoms in total. The Hall–Kier alpha value is -1.36. The van der Waals surface area contributed by atoms with Gasteiger partial charge in [0.15, 0.2) is 0 Å². The molecule has 0 saturated heterocycles. The zero-order chi connectivity index (χ0) is 9.68. The largest absolute Gasteiger partial charge is 0.463 e. The minimum absolute atomic E-state index is 0.330. The Morgan fingerprint density at radius 2 is 2.54 bits per heavy atom. The third-order valence-electron chi connectivity index (χ3n) is 1.69. The molecule has 0 bridgehead atoms. The van der Waals surface area contributed by atoms with E-state index in [1.165, 1.54) is 7.11 Å². The zero-order valence-corrected chi connectivity index (χ0v) is 7.56. The van der Waals surface area contributed by atoms with Crippen LogP contribution in [0.3, 0.4) is 0 Å². The van der Waals surface area contributed by atoms with Crippen LogP contribution in [0.2, 0.25) is 0 Å². The predicted molar refractivity (Wildman–Crippen MR) is 47.2 cm³/mol. The van der Waals surface area contributed by atoms with E-state index in [-0.39, 0.29) is 0 Å². The summed E-state index contributed by atoms with van der Waals surface area (Å²) >= 11 is 0. The maximum Gasteiger partial charge on any atom is 0.374 e. The van der Waals surface area contributed by atoms with Crippen molar-refractivity contribution in [3.05, 3.63) is 18.2 Å². The first-order valence-corrected chi connectivity index (χ1v) is 4.09. The average Bonchev–Trinajstić information content (AvgIpc) is 2.61. The molecule has 1 rings (SSSR count). The fourth-order valence-electron chi connectivity index (χ4n) is 1.03. The molecular weight excluding hydrogens is 170 g/mol. The molecule has 0 unspecified atom stereocenters. The minimum Gasteiger partial charge on any atom is -0.463 e. The molecular formula is C8H13N3O2. The maximum atomic E-state index is 11.1. The van der Waals surface area contributed by atoms with Gasteiger partial charge in [-0.05, 0) is 13.0 Å². The van der Waals surface area contributed by atoms with Gasteiger partial charge in [0.25, 0.3) is 0 Å². The quantitative estimate of drug-likeness (QED) is 0.668. The highest BCUT2D eigenvalue weighted by atomic mass is 16.5. The summed E-state index contributed by atoms with van der Waals surface area (Å²) in [7, 11) is 1.34. The Labute approximate surface area is 76.5 Å². The Kier molecular flexibility index (Phi) is 3.45. The summed E-state index contributed by atoms with van der Waals surface area (Å²) in [4.78, 5) is 15.0. The molecule has 0 aromatic carbocycles. The molecule has 0 atom stereocenters. The number of nitrogens with zero attached hydrogens (tertiary/aromatic N) is 2. The van der Waals surface area contributed by atoms with Gasteiger partial charge in [0.1, 0.15) is 0 Å². The summed E-state index contributed by atoms with van der Waals surface area (Å²) in [6.07, 6.45) is 4.13. The molecule has 1 heterocycles. The number of aryl methyl sites for hydroxylation is 1. The normalized spacial score (nSPS) is 10.0. The van der Waals surface area contributed by atoms with E-state index in [0.29, 0.717) is 18.9 Å². The summed E-state index contributed by atoms with van der Waals surface area (Å²) in [5.41, 5.74) is 5.35. The number of rotatable bonds is 4. The monoisotopic (exact) mass is 183 g/mol. The van der Waals surface area contributed by atoms with Crippen molar-refractivity contribution < 1.29 is 9.53 Å². The lowest BCUT2D eigenvalue weighted by molar-refractivity contribution is 0.0581. The molecule has 0 aliphatic carbocycles. The van der Waals surface area contributed by atoms with Crippen molar-refractivity contribution in [3.63, 3.8) is 0 Å². The second kappa shape index (κ2) is 4.61. The number of hydrogen-bond donors (Lipinski definition) is 1. The summed E-state index contributed by atoms with van der Waals surface area (Å²) < 4.78 is 6.30. The van der Waals surface area contributed by atoms with Crippen LogP contribution in [0, 0.1) is 0 Å². The Balaban J connectivity index is 2.71. The van der Waals surface area contributed by atoms with Gasteiger partial charge in [-0.1, -0.05) is 0 Å². The first-order chi connectivity index (χ1) is 6.29. The van der Waals surface area contributed by atoms with Crippen LogP contribution < -0.4 is 5.73 Å². The topological polar surface area (TPSA) is 70.1 Å². The maximum absolute atomic E-state index is 11.1.